The number of aliphatic carboxylic acids is 2. The molecule has 0 radical (unpaired) electrons. The van der Waals surface area contributed by atoms with Crippen molar-refractivity contribution in [3.8, 4) is 5.69 Å². The number of likely N-dealkylation sites (tertiary alicyclic amines) is 1. The summed E-state index contributed by atoms with van der Waals surface area (Å²) in [6, 6.07) is 14.3. The lowest BCUT2D eigenvalue weighted by molar-refractivity contribution is -0.134. The Morgan fingerprint density at radius 1 is 0.943 bits per heavy atom. The molecule has 1 saturated heterocycles. The monoisotopic (exact) mass is 476 g/mol. The van der Waals surface area contributed by atoms with Crippen LogP contribution in [0.25, 0.3) is 16.7 Å². The average molecular weight is 477 g/mol. The number of carboxylic acids is 2. The van der Waals surface area contributed by atoms with E-state index in [1.807, 2.05) is 41.6 Å². The van der Waals surface area contributed by atoms with E-state index in [1.165, 1.54) is 25.9 Å². The fraction of sp³-hybridized carbons (Fsp3) is 0.308. The largest absolute Gasteiger partial charge is 0.478 e. The van der Waals surface area contributed by atoms with Crippen LogP contribution in [0.5, 0.6) is 0 Å². The zero-order valence-electron chi connectivity index (χ0n) is 19.3. The molecule has 0 saturated carbocycles. The number of carbonyl (C=O) groups is 3. The van der Waals surface area contributed by atoms with Crippen molar-refractivity contribution in [1.29, 1.82) is 0 Å². The molecular formula is C26H28N4O5. The standard InChI is InChI=1S/C22H24N4O.C4H4O4/c27-22-19-8-7-18(26-16-23-20-5-1-2-6-21(20)26)15-17(19)9-12-25(22)14-13-24-10-3-4-11-24;5-3(6)1-2-4(7)8/h1-2,5-8,15-16H,3-4,9-14H2;1-2H,(H,5,6)(H,7,8). The van der Waals surface area contributed by atoms with Gasteiger partial charge in [0.15, 0.2) is 0 Å². The number of para-hydroxylation sites is 2. The van der Waals surface area contributed by atoms with E-state index in [0.29, 0.717) is 12.2 Å². The molecule has 1 amide bonds. The van der Waals surface area contributed by atoms with Crippen LogP contribution in [0.15, 0.2) is 60.9 Å². The number of carboxylic acid groups (broad SMARTS) is 2. The molecule has 2 aromatic carbocycles. The van der Waals surface area contributed by atoms with Gasteiger partial charge in [-0.3, -0.25) is 9.36 Å². The van der Waals surface area contributed by atoms with Crippen LogP contribution in [0.1, 0.15) is 28.8 Å². The molecular weight excluding hydrogens is 448 g/mol. The molecule has 9 heteroatoms. The van der Waals surface area contributed by atoms with Crippen molar-refractivity contribution in [2.45, 2.75) is 19.3 Å². The molecule has 9 nitrogen and oxygen atoms in total. The molecule has 0 spiro atoms. The Bertz CT molecular complexity index is 1240. The first kappa shape index (κ1) is 24.2. The minimum absolute atomic E-state index is 0.178. The second-order valence-electron chi connectivity index (χ2n) is 8.55. The van der Waals surface area contributed by atoms with Gasteiger partial charge in [0.05, 0.1) is 11.0 Å². The Morgan fingerprint density at radius 2 is 1.66 bits per heavy atom. The van der Waals surface area contributed by atoms with Gasteiger partial charge in [0.1, 0.15) is 6.33 Å². The number of hydrogen-bond acceptors (Lipinski definition) is 5. The molecule has 2 aliphatic rings. The lowest BCUT2D eigenvalue weighted by Crippen LogP contribution is -2.42. The van der Waals surface area contributed by atoms with E-state index in [-0.39, 0.29) is 5.91 Å². The Kier molecular flexibility index (Phi) is 7.57. The Balaban J connectivity index is 0.000000314. The zero-order chi connectivity index (χ0) is 24.8. The first-order valence-electron chi connectivity index (χ1n) is 11.6. The fourth-order valence-corrected chi connectivity index (χ4v) is 4.46. The van der Waals surface area contributed by atoms with Crippen molar-refractivity contribution in [3.63, 3.8) is 0 Å². The summed E-state index contributed by atoms with van der Waals surface area (Å²) in [6.45, 7) is 5.02. The van der Waals surface area contributed by atoms with Crippen molar-refractivity contribution < 1.29 is 24.6 Å². The quantitative estimate of drug-likeness (QED) is 0.526. The molecule has 3 aromatic rings. The lowest BCUT2D eigenvalue weighted by Gasteiger charge is -2.30. The van der Waals surface area contributed by atoms with Gasteiger partial charge in [-0.2, -0.15) is 0 Å². The van der Waals surface area contributed by atoms with Crippen molar-refractivity contribution in [2.24, 2.45) is 0 Å². The molecule has 2 aliphatic heterocycles. The van der Waals surface area contributed by atoms with Gasteiger partial charge in [0.25, 0.3) is 5.91 Å². The minimum Gasteiger partial charge on any atom is -0.478 e. The molecule has 0 bridgehead atoms. The van der Waals surface area contributed by atoms with E-state index in [9.17, 15) is 14.4 Å². The minimum atomic E-state index is -1.26. The van der Waals surface area contributed by atoms with Gasteiger partial charge < -0.3 is 20.0 Å². The number of carbonyl (C=O) groups excluding carboxylic acids is 1. The second-order valence-corrected chi connectivity index (χ2v) is 8.55. The van der Waals surface area contributed by atoms with Crippen LogP contribution in [-0.4, -0.2) is 80.1 Å². The van der Waals surface area contributed by atoms with E-state index in [2.05, 4.69) is 26.6 Å². The van der Waals surface area contributed by atoms with Crippen LogP contribution in [0.4, 0.5) is 0 Å². The highest BCUT2D eigenvalue weighted by molar-refractivity contribution is 5.97. The third kappa shape index (κ3) is 5.93. The Hall–Kier alpha value is -3.98. The predicted octanol–water partition coefficient (Wildman–Crippen LogP) is 2.83. The number of amides is 1. The number of aromatic nitrogens is 2. The van der Waals surface area contributed by atoms with E-state index in [4.69, 9.17) is 10.2 Å². The molecule has 182 valence electrons. The first-order chi connectivity index (χ1) is 16.9. The van der Waals surface area contributed by atoms with Crippen molar-refractivity contribution in [1.82, 2.24) is 19.4 Å². The highest BCUT2D eigenvalue weighted by Crippen LogP contribution is 2.24. The third-order valence-electron chi connectivity index (χ3n) is 6.24. The fourth-order valence-electron chi connectivity index (χ4n) is 4.46. The number of nitrogens with zero attached hydrogens (tertiary/aromatic N) is 4. The number of rotatable bonds is 6. The Labute approximate surface area is 202 Å². The highest BCUT2D eigenvalue weighted by Gasteiger charge is 2.25. The zero-order valence-corrected chi connectivity index (χ0v) is 19.3. The van der Waals surface area contributed by atoms with Crippen LogP contribution >= 0.6 is 0 Å². The van der Waals surface area contributed by atoms with Gasteiger partial charge in [-0.1, -0.05) is 12.1 Å². The van der Waals surface area contributed by atoms with Crippen molar-refractivity contribution in [3.05, 3.63) is 72.1 Å². The molecule has 1 fully saturated rings. The Morgan fingerprint density at radius 3 is 2.37 bits per heavy atom. The second kappa shape index (κ2) is 11.0. The summed E-state index contributed by atoms with van der Waals surface area (Å²) in [5.74, 6) is -2.34. The van der Waals surface area contributed by atoms with Crippen LogP contribution in [0.3, 0.4) is 0 Å². The average Bonchev–Trinajstić information content (AvgIpc) is 3.53. The summed E-state index contributed by atoms with van der Waals surface area (Å²) in [5, 5.41) is 15.6. The molecule has 35 heavy (non-hydrogen) atoms. The van der Waals surface area contributed by atoms with Crippen molar-refractivity contribution in [2.75, 3.05) is 32.7 Å². The molecule has 3 heterocycles. The first-order valence-corrected chi connectivity index (χ1v) is 11.6. The highest BCUT2D eigenvalue weighted by atomic mass is 16.4. The molecule has 0 unspecified atom stereocenters. The number of imidazole rings is 1. The van der Waals surface area contributed by atoms with Crippen LogP contribution < -0.4 is 0 Å². The third-order valence-corrected chi connectivity index (χ3v) is 6.24. The summed E-state index contributed by atoms with van der Waals surface area (Å²) in [4.78, 5) is 41.0. The van der Waals surface area contributed by atoms with Gasteiger partial charge >= 0.3 is 11.9 Å². The molecule has 0 aliphatic carbocycles. The van der Waals surface area contributed by atoms with Crippen LogP contribution in [0.2, 0.25) is 0 Å². The summed E-state index contributed by atoms with van der Waals surface area (Å²) < 4.78 is 2.10. The topological polar surface area (TPSA) is 116 Å². The van der Waals surface area contributed by atoms with Gasteiger partial charge in [0.2, 0.25) is 0 Å². The van der Waals surface area contributed by atoms with E-state index < -0.39 is 11.9 Å². The smallest absolute Gasteiger partial charge is 0.328 e. The summed E-state index contributed by atoms with van der Waals surface area (Å²) in [6.07, 6.45) is 6.48. The lowest BCUT2D eigenvalue weighted by atomic mass is 9.98. The number of benzene rings is 2. The summed E-state index contributed by atoms with van der Waals surface area (Å²) in [7, 11) is 0. The van der Waals surface area contributed by atoms with Gasteiger partial charge in [-0.05, 0) is 68.2 Å². The number of hydrogen-bond donors (Lipinski definition) is 2. The van der Waals surface area contributed by atoms with Crippen LogP contribution in [-0.2, 0) is 16.0 Å². The summed E-state index contributed by atoms with van der Waals surface area (Å²) in [5.41, 5.74) is 5.15. The van der Waals surface area contributed by atoms with E-state index in [1.54, 1.807) is 0 Å². The van der Waals surface area contributed by atoms with Gasteiger partial charge in [0, 0.05) is 43.0 Å². The van der Waals surface area contributed by atoms with Gasteiger partial charge in [-0.15, -0.1) is 0 Å². The molecule has 2 N–H and O–H groups in total. The summed E-state index contributed by atoms with van der Waals surface area (Å²) >= 11 is 0. The van der Waals surface area contributed by atoms with Gasteiger partial charge in [-0.25, -0.2) is 14.6 Å². The maximum atomic E-state index is 12.9. The maximum absolute atomic E-state index is 12.9. The van der Waals surface area contributed by atoms with E-state index in [0.717, 1.165) is 53.9 Å². The van der Waals surface area contributed by atoms with Crippen LogP contribution in [0, 0.1) is 0 Å². The maximum Gasteiger partial charge on any atom is 0.328 e. The van der Waals surface area contributed by atoms with E-state index >= 15 is 0 Å². The molecule has 0 atom stereocenters. The van der Waals surface area contributed by atoms with Crippen molar-refractivity contribution >= 4 is 28.9 Å². The molecule has 5 rings (SSSR count). The SMILES string of the molecule is O=C(O)C=CC(=O)O.O=C1c2ccc(-n3cnc4ccccc43)cc2CCN1CCN1CCCC1. The predicted molar refractivity (Wildman–Crippen MR) is 131 cm³/mol. The normalized spacial score (nSPS) is 15.8. The number of fused-ring (bicyclic) bond motifs is 2. The molecule has 1 aromatic heterocycles.